The molecule has 2 aromatic carbocycles. The zero-order valence-corrected chi connectivity index (χ0v) is 14.2. The second kappa shape index (κ2) is 6.41. The summed E-state index contributed by atoms with van der Waals surface area (Å²) in [6.07, 6.45) is 0. The van der Waals surface area contributed by atoms with Gasteiger partial charge in [-0.3, -0.25) is 4.79 Å². The maximum absolute atomic E-state index is 12.2. The van der Waals surface area contributed by atoms with Crippen LogP contribution in [-0.4, -0.2) is 17.0 Å². The minimum absolute atomic E-state index is 0.0953. The minimum atomic E-state index is -1.06. The minimum Gasteiger partial charge on any atom is -0.478 e. The monoisotopic (exact) mass is 411 g/mol. The van der Waals surface area contributed by atoms with Crippen LogP contribution in [0.2, 0.25) is 0 Å². The molecule has 0 aliphatic heterocycles. The Morgan fingerprint density at radius 2 is 1.76 bits per heavy atom. The molecule has 0 aliphatic carbocycles. The van der Waals surface area contributed by atoms with Gasteiger partial charge in [0.15, 0.2) is 0 Å². The number of carboxylic acids is 1. The van der Waals surface area contributed by atoms with Gasteiger partial charge in [-0.05, 0) is 58.7 Å². The Labute approximate surface area is 138 Å². The Kier molecular flexibility index (Phi) is 4.80. The van der Waals surface area contributed by atoms with Crippen molar-refractivity contribution >= 4 is 49.4 Å². The van der Waals surface area contributed by atoms with E-state index in [1.165, 1.54) is 6.07 Å². The first kappa shape index (κ1) is 15.7. The van der Waals surface area contributed by atoms with Crippen molar-refractivity contribution in [2.45, 2.75) is 6.92 Å². The number of aromatic carboxylic acids is 1. The van der Waals surface area contributed by atoms with Crippen LogP contribution < -0.4 is 5.32 Å². The highest BCUT2D eigenvalue weighted by Crippen LogP contribution is 2.22. The molecule has 2 rings (SSSR count). The van der Waals surface area contributed by atoms with Gasteiger partial charge in [0, 0.05) is 20.2 Å². The van der Waals surface area contributed by atoms with Crippen LogP contribution in [0.25, 0.3) is 0 Å². The molecule has 0 saturated carbocycles. The molecule has 0 aromatic heterocycles. The van der Waals surface area contributed by atoms with Gasteiger partial charge in [-0.15, -0.1) is 0 Å². The number of carbonyl (C=O) groups excluding carboxylic acids is 1. The molecular formula is C15H11Br2NO3. The first-order chi connectivity index (χ1) is 9.88. The van der Waals surface area contributed by atoms with Crippen LogP contribution in [0.15, 0.2) is 45.3 Å². The van der Waals surface area contributed by atoms with Gasteiger partial charge in [0.05, 0.1) is 5.56 Å². The van der Waals surface area contributed by atoms with Gasteiger partial charge in [-0.25, -0.2) is 4.79 Å². The smallest absolute Gasteiger partial charge is 0.336 e. The fourth-order valence-corrected chi connectivity index (χ4v) is 2.50. The van der Waals surface area contributed by atoms with E-state index in [1.807, 2.05) is 13.0 Å². The molecule has 6 heteroatoms. The number of halogens is 2. The van der Waals surface area contributed by atoms with Gasteiger partial charge in [0.1, 0.15) is 0 Å². The predicted octanol–water partition coefficient (Wildman–Crippen LogP) is 4.47. The second-order valence-corrected chi connectivity index (χ2v) is 6.13. The summed E-state index contributed by atoms with van der Waals surface area (Å²) >= 11 is 6.54. The third-order valence-corrected chi connectivity index (χ3v) is 4.43. The molecule has 0 unspecified atom stereocenters. The molecule has 21 heavy (non-hydrogen) atoms. The number of hydrogen-bond acceptors (Lipinski definition) is 2. The SMILES string of the molecule is Cc1ccc(C(=O)Nc2ccc(Br)c(C(=O)O)c2)cc1Br. The molecule has 2 aromatic rings. The van der Waals surface area contributed by atoms with E-state index in [0.717, 1.165) is 10.0 Å². The highest BCUT2D eigenvalue weighted by atomic mass is 79.9. The molecule has 2 N–H and O–H groups in total. The third-order valence-electron chi connectivity index (χ3n) is 2.89. The van der Waals surface area contributed by atoms with Gasteiger partial charge in [0.25, 0.3) is 5.91 Å². The largest absolute Gasteiger partial charge is 0.478 e. The Morgan fingerprint density at radius 3 is 2.38 bits per heavy atom. The standard InChI is InChI=1S/C15H11Br2NO3/c1-8-2-3-9(6-13(8)17)14(19)18-10-4-5-12(16)11(7-10)15(20)21/h2-7H,1H3,(H,18,19)(H,20,21). The Hall–Kier alpha value is -1.66. The van der Waals surface area contributed by atoms with E-state index < -0.39 is 5.97 Å². The summed E-state index contributed by atoms with van der Waals surface area (Å²) in [6.45, 7) is 1.93. The van der Waals surface area contributed by atoms with Gasteiger partial charge in [0.2, 0.25) is 0 Å². The normalized spacial score (nSPS) is 10.2. The zero-order valence-electron chi connectivity index (χ0n) is 11.0. The van der Waals surface area contributed by atoms with Crippen LogP contribution in [0, 0.1) is 6.92 Å². The number of nitrogens with one attached hydrogen (secondary N) is 1. The maximum Gasteiger partial charge on any atom is 0.336 e. The number of benzene rings is 2. The molecule has 0 saturated heterocycles. The van der Waals surface area contributed by atoms with Gasteiger partial charge >= 0.3 is 5.97 Å². The van der Waals surface area contributed by atoms with Crippen molar-refractivity contribution in [3.05, 3.63) is 62.0 Å². The number of hydrogen-bond donors (Lipinski definition) is 2. The lowest BCUT2D eigenvalue weighted by atomic mass is 10.1. The van der Waals surface area contributed by atoms with Crippen LogP contribution in [0.5, 0.6) is 0 Å². The van der Waals surface area contributed by atoms with E-state index in [-0.39, 0.29) is 11.5 Å². The van der Waals surface area contributed by atoms with Crippen molar-refractivity contribution in [1.82, 2.24) is 0 Å². The molecule has 0 spiro atoms. The second-order valence-electron chi connectivity index (χ2n) is 4.42. The molecule has 4 nitrogen and oxygen atoms in total. The Bertz CT molecular complexity index is 729. The van der Waals surface area contributed by atoms with Crippen molar-refractivity contribution in [2.75, 3.05) is 5.32 Å². The number of rotatable bonds is 3. The number of carboxylic acid groups (broad SMARTS) is 1. The molecule has 0 aliphatic rings. The van der Waals surface area contributed by atoms with E-state index in [4.69, 9.17) is 5.11 Å². The van der Waals surface area contributed by atoms with Crippen molar-refractivity contribution in [1.29, 1.82) is 0 Å². The average molecular weight is 413 g/mol. The van der Waals surface area contributed by atoms with Crippen molar-refractivity contribution in [2.24, 2.45) is 0 Å². The lowest BCUT2D eigenvalue weighted by Gasteiger charge is -2.08. The maximum atomic E-state index is 12.2. The number of anilines is 1. The van der Waals surface area contributed by atoms with E-state index in [9.17, 15) is 9.59 Å². The van der Waals surface area contributed by atoms with Gasteiger partial charge in [-0.1, -0.05) is 22.0 Å². The molecule has 0 atom stereocenters. The molecular weight excluding hydrogens is 402 g/mol. The van der Waals surface area contributed by atoms with Crippen LogP contribution in [-0.2, 0) is 0 Å². The quantitative estimate of drug-likeness (QED) is 0.781. The highest BCUT2D eigenvalue weighted by Gasteiger charge is 2.12. The Balaban J connectivity index is 2.25. The molecule has 1 amide bonds. The fraction of sp³-hybridized carbons (Fsp3) is 0.0667. The van der Waals surface area contributed by atoms with Gasteiger partial charge in [-0.2, -0.15) is 0 Å². The topological polar surface area (TPSA) is 66.4 Å². The number of aryl methyl sites for hydroxylation is 1. The molecule has 0 bridgehead atoms. The summed E-state index contributed by atoms with van der Waals surface area (Å²) in [7, 11) is 0. The highest BCUT2D eigenvalue weighted by molar-refractivity contribution is 9.10. The van der Waals surface area contributed by atoms with Crippen molar-refractivity contribution in [3.63, 3.8) is 0 Å². The van der Waals surface area contributed by atoms with Crippen molar-refractivity contribution in [3.8, 4) is 0 Å². The first-order valence-corrected chi connectivity index (χ1v) is 7.57. The zero-order chi connectivity index (χ0) is 15.6. The lowest BCUT2D eigenvalue weighted by molar-refractivity contribution is 0.0695. The van der Waals surface area contributed by atoms with E-state index in [2.05, 4.69) is 37.2 Å². The molecule has 108 valence electrons. The molecule has 0 radical (unpaired) electrons. The first-order valence-electron chi connectivity index (χ1n) is 5.99. The summed E-state index contributed by atoms with van der Waals surface area (Å²) < 4.78 is 1.31. The average Bonchev–Trinajstić information content (AvgIpc) is 2.43. The van der Waals surface area contributed by atoms with Crippen LogP contribution >= 0.6 is 31.9 Å². The summed E-state index contributed by atoms with van der Waals surface area (Å²) in [5.41, 5.74) is 2.05. The lowest BCUT2D eigenvalue weighted by Crippen LogP contribution is -2.12. The van der Waals surface area contributed by atoms with E-state index in [0.29, 0.717) is 15.7 Å². The van der Waals surface area contributed by atoms with Crippen molar-refractivity contribution < 1.29 is 14.7 Å². The third kappa shape index (κ3) is 3.71. The molecule has 0 fully saturated rings. The predicted molar refractivity (Wildman–Crippen MR) is 87.9 cm³/mol. The van der Waals surface area contributed by atoms with E-state index >= 15 is 0 Å². The summed E-state index contributed by atoms with van der Waals surface area (Å²) in [6, 6.07) is 9.91. The van der Waals surface area contributed by atoms with Crippen LogP contribution in [0.1, 0.15) is 26.3 Å². The van der Waals surface area contributed by atoms with Crippen LogP contribution in [0.4, 0.5) is 5.69 Å². The summed E-state index contributed by atoms with van der Waals surface area (Å²) in [5, 5.41) is 11.7. The molecule has 0 heterocycles. The summed E-state index contributed by atoms with van der Waals surface area (Å²) in [4.78, 5) is 23.2. The summed E-state index contributed by atoms with van der Waals surface area (Å²) in [5.74, 6) is -1.36. The number of carbonyl (C=O) groups is 2. The van der Waals surface area contributed by atoms with Gasteiger partial charge < -0.3 is 10.4 Å². The van der Waals surface area contributed by atoms with E-state index in [1.54, 1.807) is 24.3 Å². The Morgan fingerprint density at radius 1 is 1.05 bits per heavy atom. The van der Waals surface area contributed by atoms with Crippen LogP contribution in [0.3, 0.4) is 0 Å². The fourth-order valence-electron chi connectivity index (χ4n) is 1.70. The number of amides is 1.